The van der Waals surface area contributed by atoms with E-state index in [4.69, 9.17) is 0 Å². The second-order valence-corrected chi connectivity index (χ2v) is 4.94. The molecule has 0 unspecified atom stereocenters. The third kappa shape index (κ3) is 2.00. The van der Waals surface area contributed by atoms with Crippen molar-refractivity contribution >= 4 is 27.2 Å². The minimum absolute atomic E-state index is 1.04. The Morgan fingerprint density at radius 3 is 2.56 bits per heavy atom. The summed E-state index contributed by atoms with van der Waals surface area (Å²) in [6.45, 7) is 3.64. The van der Waals surface area contributed by atoms with Crippen LogP contribution in [0.15, 0.2) is 61.3 Å². The van der Waals surface area contributed by atoms with Crippen LogP contribution in [0.5, 0.6) is 0 Å². The lowest BCUT2D eigenvalue weighted by molar-refractivity contribution is 1.47. The molecule has 88 valence electrons. The Labute approximate surface area is 110 Å². The standard InChI is InChI=1S/C15H12N2S/c1-2-16-12-9-7-11(8-10-12)15-17-13-5-3-4-6-14(13)18-15/h2-10,16H,1H2. The molecule has 0 saturated heterocycles. The molecule has 18 heavy (non-hydrogen) atoms. The van der Waals surface area contributed by atoms with Gasteiger partial charge in [0.1, 0.15) is 5.01 Å². The predicted molar refractivity (Wildman–Crippen MR) is 78.9 cm³/mol. The van der Waals surface area contributed by atoms with Gasteiger partial charge in [0.2, 0.25) is 0 Å². The van der Waals surface area contributed by atoms with E-state index in [1.54, 1.807) is 17.5 Å². The molecule has 0 atom stereocenters. The van der Waals surface area contributed by atoms with Crippen LogP contribution in [-0.2, 0) is 0 Å². The van der Waals surface area contributed by atoms with Gasteiger partial charge in [-0.05, 0) is 42.6 Å². The molecule has 0 bridgehead atoms. The summed E-state index contributed by atoms with van der Waals surface area (Å²) in [6, 6.07) is 16.4. The number of para-hydroxylation sites is 1. The first-order chi connectivity index (χ1) is 8.86. The van der Waals surface area contributed by atoms with Gasteiger partial charge in [-0.3, -0.25) is 0 Å². The lowest BCUT2D eigenvalue weighted by atomic mass is 10.2. The number of hydrogen-bond acceptors (Lipinski definition) is 3. The molecule has 2 aromatic carbocycles. The first kappa shape index (κ1) is 11.0. The molecule has 1 aromatic heterocycles. The van der Waals surface area contributed by atoms with E-state index < -0.39 is 0 Å². The topological polar surface area (TPSA) is 24.9 Å². The van der Waals surface area contributed by atoms with Gasteiger partial charge < -0.3 is 5.32 Å². The van der Waals surface area contributed by atoms with Crippen molar-refractivity contribution < 1.29 is 0 Å². The number of fused-ring (bicyclic) bond motifs is 1. The maximum atomic E-state index is 4.64. The van der Waals surface area contributed by atoms with Crippen molar-refractivity contribution in [2.75, 3.05) is 5.32 Å². The van der Waals surface area contributed by atoms with E-state index in [0.717, 1.165) is 21.8 Å². The fourth-order valence-electron chi connectivity index (χ4n) is 1.82. The molecule has 0 aliphatic carbocycles. The highest BCUT2D eigenvalue weighted by molar-refractivity contribution is 7.21. The zero-order valence-corrected chi connectivity index (χ0v) is 10.6. The summed E-state index contributed by atoms with van der Waals surface area (Å²) in [5.41, 5.74) is 3.24. The summed E-state index contributed by atoms with van der Waals surface area (Å²) in [7, 11) is 0. The van der Waals surface area contributed by atoms with Crippen LogP contribution in [0.1, 0.15) is 0 Å². The van der Waals surface area contributed by atoms with Gasteiger partial charge in [-0.1, -0.05) is 18.7 Å². The number of hydrogen-bond donors (Lipinski definition) is 1. The molecule has 1 heterocycles. The summed E-state index contributed by atoms with van der Waals surface area (Å²) >= 11 is 1.72. The van der Waals surface area contributed by atoms with E-state index in [0.29, 0.717) is 0 Å². The van der Waals surface area contributed by atoms with Crippen LogP contribution in [0, 0.1) is 0 Å². The summed E-state index contributed by atoms with van der Waals surface area (Å²) in [4.78, 5) is 4.64. The average Bonchev–Trinajstić information content (AvgIpc) is 2.84. The highest BCUT2D eigenvalue weighted by Crippen LogP contribution is 2.30. The average molecular weight is 252 g/mol. The summed E-state index contributed by atoms with van der Waals surface area (Å²) < 4.78 is 1.22. The zero-order valence-electron chi connectivity index (χ0n) is 9.76. The minimum atomic E-state index is 1.04. The molecule has 3 heteroatoms. The van der Waals surface area contributed by atoms with E-state index in [9.17, 15) is 0 Å². The largest absolute Gasteiger partial charge is 0.362 e. The van der Waals surface area contributed by atoms with Crippen molar-refractivity contribution in [1.29, 1.82) is 0 Å². The van der Waals surface area contributed by atoms with Crippen LogP contribution < -0.4 is 5.32 Å². The minimum Gasteiger partial charge on any atom is -0.362 e. The number of rotatable bonds is 3. The number of anilines is 1. The second-order valence-electron chi connectivity index (χ2n) is 3.91. The Hall–Kier alpha value is -2.13. The van der Waals surface area contributed by atoms with Gasteiger partial charge in [-0.15, -0.1) is 11.3 Å². The second kappa shape index (κ2) is 4.63. The lowest BCUT2D eigenvalue weighted by Crippen LogP contribution is -1.85. The molecule has 0 amide bonds. The third-order valence-electron chi connectivity index (χ3n) is 2.69. The van der Waals surface area contributed by atoms with Gasteiger partial charge in [0.25, 0.3) is 0 Å². The Bertz CT molecular complexity index is 650. The van der Waals surface area contributed by atoms with Crippen LogP contribution in [0.4, 0.5) is 5.69 Å². The molecule has 3 rings (SSSR count). The number of thiazole rings is 1. The number of nitrogens with zero attached hydrogens (tertiary/aromatic N) is 1. The van der Waals surface area contributed by atoms with E-state index in [1.165, 1.54) is 4.70 Å². The normalized spacial score (nSPS) is 10.4. The SMILES string of the molecule is C=CNc1ccc(-c2nc3ccccc3s2)cc1. The van der Waals surface area contributed by atoms with E-state index >= 15 is 0 Å². The van der Waals surface area contributed by atoms with Crippen LogP contribution in [0.2, 0.25) is 0 Å². The van der Waals surface area contributed by atoms with E-state index in [1.807, 2.05) is 30.3 Å². The van der Waals surface area contributed by atoms with Crippen molar-refractivity contribution in [3.05, 3.63) is 61.3 Å². The lowest BCUT2D eigenvalue weighted by Gasteiger charge is -2.00. The molecule has 0 aliphatic heterocycles. The van der Waals surface area contributed by atoms with Crippen LogP contribution >= 0.6 is 11.3 Å². The highest BCUT2D eigenvalue weighted by Gasteiger charge is 2.05. The molecule has 0 spiro atoms. The molecule has 0 aliphatic rings. The Morgan fingerprint density at radius 2 is 1.83 bits per heavy atom. The number of nitrogens with one attached hydrogen (secondary N) is 1. The van der Waals surface area contributed by atoms with Gasteiger partial charge in [-0.25, -0.2) is 4.98 Å². The molecule has 2 nitrogen and oxygen atoms in total. The van der Waals surface area contributed by atoms with E-state index in [2.05, 4.69) is 35.1 Å². The van der Waals surface area contributed by atoms with Crippen molar-refractivity contribution in [3.8, 4) is 10.6 Å². The summed E-state index contributed by atoms with van der Waals surface area (Å²) in [5.74, 6) is 0. The van der Waals surface area contributed by atoms with Gasteiger partial charge in [0, 0.05) is 11.3 Å². The molecule has 0 fully saturated rings. The first-order valence-corrected chi connectivity index (χ1v) is 6.52. The number of benzene rings is 2. The third-order valence-corrected chi connectivity index (χ3v) is 3.78. The van der Waals surface area contributed by atoms with Crippen molar-refractivity contribution in [3.63, 3.8) is 0 Å². The molecular formula is C15H12N2S. The maximum absolute atomic E-state index is 4.64. The summed E-state index contributed by atoms with van der Waals surface area (Å²) in [5, 5.41) is 4.12. The smallest absolute Gasteiger partial charge is 0.124 e. The molecule has 3 aromatic rings. The zero-order chi connectivity index (χ0) is 12.4. The van der Waals surface area contributed by atoms with Crippen LogP contribution in [0.3, 0.4) is 0 Å². The first-order valence-electron chi connectivity index (χ1n) is 5.70. The maximum Gasteiger partial charge on any atom is 0.124 e. The summed E-state index contributed by atoms with van der Waals surface area (Å²) in [6.07, 6.45) is 1.67. The molecule has 1 N–H and O–H groups in total. The fourth-order valence-corrected chi connectivity index (χ4v) is 2.79. The molecular weight excluding hydrogens is 240 g/mol. The van der Waals surface area contributed by atoms with Crippen LogP contribution in [-0.4, -0.2) is 4.98 Å². The number of aromatic nitrogens is 1. The fraction of sp³-hybridized carbons (Fsp3) is 0. The molecule has 0 radical (unpaired) electrons. The van der Waals surface area contributed by atoms with E-state index in [-0.39, 0.29) is 0 Å². The van der Waals surface area contributed by atoms with Gasteiger partial charge in [-0.2, -0.15) is 0 Å². The van der Waals surface area contributed by atoms with Crippen molar-refractivity contribution in [1.82, 2.24) is 4.98 Å². The molecule has 0 saturated carbocycles. The monoisotopic (exact) mass is 252 g/mol. The Morgan fingerprint density at radius 1 is 1.06 bits per heavy atom. The quantitative estimate of drug-likeness (QED) is 0.741. The van der Waals surface area contributed by atoms with Gasteiger partial charge in [0.15, 0.2) is 0 Å². The van der Waals surface area contributed by atoms with Crippen molar-refractivity contribution in [2.24, 2.45) is 0 Å². The van der Waals surface area contributed by atoms with Crippen molar-refractivity contribution in [2.45, 2.75) is 0 Å². The highest BCUT2D eigenvalue weighted by atomic mass is 32.1. The Balaban J connectivity index is 2.00. The Kier molecular flexibility index (Phi) is 2.82. The van der Waals surface area contributed by atoms with Gasteiger partial charge in [0.05, 0.1) is 10.2 Å². The van der Waals surface area contributed by atoms with Gasteiger partial charge >= 0.3 is 0 Å². The predicted octanol–water partition coefficient (Wildman–Crippen LogP) is 4.52. The van der Waals surface area contributed by atoms with Crippen LogP contribution in [0.25, 0.3) is 20.8 Å².